The number of fused-ring (bicyclic) bond motifs is 1. The van der Waals surface area contributed by atoms with Crippen molar-refractivity contribution in [3.63, 3.8) is 0 Å². The van der Waals surface area contributed by atoms with Crippen molar-refractivity contribution in [2.75, 3.05) is 31.2 Å². The largest absolute Gasteiger partial charge is 0.379 e. The van der Waals surface area contributed by atoms with Crippen LogP contribution in [0.2, 0.25) is 0 Å². The molecule has 0 unspecified atom stereocenters. The van der Waals surface area contributed by atoms with Gasteiger partial charge in [0.2, 0.25) is 0 Å². The van der Waals surface area contributed by atoms with E-state index in [0.717, 1.165) is 72.7 Å². The highest BCUT2D eigenvalue weighted by atomic mass is 127. The Morgan fingerprint density at radius 2 is 1.73 bits per heavy atom. The fourth-order valence-electron chi connectivity index (χ4n) is 5.20. The lowest BCUT2D eigenvalue weighted by atomic mass is 9.96. The number of rotatable bonds is 4. The molecule has 0 radical (unpaired) electrons. The van der Waals surface area contributed by atoms with Crippen LogP contribution in [0.1, 0.15) is 73.0 Å². The molecule has 1 saturated heterocycles. The summed E-state index contributed by atoms with van der Waals surface area (Å²) >= 11 is 0. The van der Waals surface area contributed by atoms with Gasteiger partial charge in [0, 0.05) is 44.3 Å². The fourth-order valence-corrected chi connectivity index (χ4v) is 5.20. The number of anilines is 1. The van der Waals surface area contributed by atoms with E-state index in [0.29, 0.717) is 29.7 Å². The van der Waals surface area contributed by atoms with Gasteiger partial charge in [0.05, 0.1) is 31.4 Å². The number of nitriles is 1. The van der Waals surface area contributed by atoms with Gasteiger partial charge >= 0.3 is 0 Å². The number of carbonyl (C=O) groups excluding carboxylic acids is 1. The molecule has 2 aromatic heterocycles. The van der Waals surface area contributed by atoms with Crippen LogP contribution in [-0.2, 0) is 18.3 Å². The number of nitrogens with one attached hydrogen (secondary N) is 1. The summed E-state index contributed by atoms with van der Waals surface area (Å²) in [5.41, 5.74) is 6.01. The molecule has 3 fully saturated rings. The maximum Gasteiger partial charge on any atom is 0.260 e. The van der Waals surface area contributed by atoms with Crippen LogP contribution >= 0.6 is 24.0 Å². The molecule has 0 bridgehead atoms. The van der Waals surface area contributed by atoms with Gasteiger partial charge in [-0.05, 0) is 59.9 Å². The number of hydrogen-bond donors (Lipinski definition) is 1. The number of ether oxygens (including phenoxy) is 1. The van der Waals surface area contributed by atoms with Crippen LogP contribution < -0.4 is 10.2 Å². The van der Waals surface area contributed by atoms with E-state index in [1.807, 2.05) is 60.1 Å². The highest BCUT2D eigenvalue weighted by molar-refractivity contribution is 14.0. The average molecular weight is 706 g/mol. The van der Waals surface area contributed by atoms with Crippen LogP contribution in [0.3, 0.4) is 0 Å². The first-order valence-corrected chi connectivity index (χ1v) is 15.2. The van der Waals surface area contributed by atoms with E-state index in [9.17, 15) is 10.1 Å². The Morgan fingerprint density at radius 1 is 0.977 bits per heavy atom. The minimum absolute atomic E-state index is 0. The highest BCUT2D eigenvalue weighted by Gasteiger charge is 2.32. The second kappa shape index (κ2) is 14.9. The van der Waals surface area contributed by atoms with Crippen LogP contribution in [0.4, 0.5) is 5.82 Å². The molecule has 9 nitrogen and oxygen atoms in total. The van der Waals surface area contributed by atoms with Crippen molar-refractivity contribution in [2.24, 2.45) is 7.05 Å². The molecule has 4 aromatic rings. The van der Waals surface area contributed by atoms with E-state index in [1.54, 1.807) is 11.2 Å². The summed E-state index contributed by atoms with van der Waals surface area (Å²) in [6.07, 6.45) is 9.85. The summed E-state index contributed by atoms with van der Waals surface area (Å²) in [5, 5.41) is 20.9. The first-order chi connectivity index (χ1) is 21.1. The number of pyridine rings is 1. The van der Waals surface area contributed by atoms with Crippen LogP contribution in [0.25, 0.3) is 22.5 Å². The van der Waals surface area contributed by atoms with Crippen molar-refractivity contribution in [3.8, 4) is 28.6 Å². The molecule has 0 spiro atoms. The summed E-state index contributed by atoms with van der Waals surface area (Å²) in [7, 11) is 1.88. The molecule has 4 aliphatic rings. The third kappa shape index (κ3) is 7.34. The first-order valence-electron chi connectivity index (χ1n) is 15.2. The van der Waals surface area contributed by atoms with E-state index in [1.165, 1.54) is 25.7 Å². The van der Waals surface area contributed by atoms with E-state index in [2.05, 4.69) is 27.6 Å². The van der Waals surface area contributed by atoms with E-state index >= 15 is 0 Å². The Kier molecular flexibility index (Phi) is 10.7. The summed E-state index contributed by atoms with van der Waals surface area (Å²) in [4.78, 5) is 19.8. The number of benzene rings is 2. The number of morpholine rings is 1. The first kappa shape index (κ1) is 31.8. The standard InChI is InChI=1S/C26H20N6O.C4H9NO.C4H8.HI.H2/c1-31-15-28-30-25(31)22-10-16(13-27)6-9-20(22)19-11-23(17-7-8-17)29-24(12-19)32-14-18-4-2-3-5-21(18)26(32)33;1-3-6-4-2-5-1;1-2-4-3-1;;/h2-6,9-12,15,17H,7-8,14H2,1H3;5H,1-4H2;1-4H2;2*1H. The fraction of sp³-hybridized carbons (Fsp3) is 0.382. The Balaban J connectivity index is 0.000000328. The van der Waals surface area contributed by atoms with Crippen molar-refractivity contribution in [3.05, 3.63) is 83.3 Å². The minimum Gasteiger partial charge on any atom is -0.379 e. The number of aromatic nitrogens is 4. The van der Waals surface area contributed by atoms with Crippen molar-refractivity contribution in [2.45, 2.75) is 51.0 Å². The number of nitrogens with zero attached hydrogens (tertiary/aromatic N) is 6. The number of aryl methyl sites for hydroxylation is 1. The zero-order valence-corrected chi connectivity index (χ0v) is 27.4. The summed E-state index contributed by atoms with van der Waals surface area (Å²) < 4.78 is 6.84. The number of carbonyl (C=O) groups is 1. The molecule has 230 valence electrons. The molecule has 1 amide bonds. The Morgan fingerprint density at radius 3 is 2.30 bits per heavy atom. The second-order valence-corrected chi connectivity index (χ2v) is 11.4. The van der Waals surface area contributed by atoms with Crippen molar-refractivity contribution in [1.29, 1.82) is 5.26 Å². The van der Waals surface area contributed by atoms with Gasteiger partial charge in [0.25, 0.3) is 5.91 Å². The van der Waals surface area contributed by atoms with E-state index in [4.69, 9.17) is 9.72 Å². The number of amides is 1. The summed E-state index contributed by atoms with van der Waals surface area (Å²) in [5.74, 6) is 1.73. The highest BCUT2D eigenvalue weighted by Crippen LogP contribution is 2.43. The molecule has 2 aliphatic heterocycles. The predicted molar refractivity (Wildman–Crippen MR) is 183 cm³/mol. The van der Waals surface area contributed by atoms with E-state index < -0.39 is 0 Å². The third-order valence-electron chi connectivity index (χ3n) is 8.18. The molecule has 2 saturated carbocycles. The molecule has 2 aromatic carbocycles. The molecule has 8 rings (SSSR count). The van der Waals surface area contributed by atoms with Gasteiger partial charge in [0.15, 0.2) is 5.82 Å². The molecule has 10 heteroatoms. The maximum absolute atomic E-state index is 13.2. The molecular weight excluding hydrogens is 665 g/mol. The molecule has 0 atom stereocenters. The number of hydrogen-bond acceptors (Lipinski definition) is 7. The van der Waals surface area contributed by atoms with Crippen molar-refractivity contribution in [1.82, 2.24) is 25.1 Å². The van der Waals surface area contributed by atoms with Crippen LogP contribution in [0.5, 0.6) is 0 Å². The quantitative estimate of drug-likeness (QED) is 0.242. The molecular formula is C34H40IN7O2. The molecule has 4 heterocycles. The van der Waals surface area contributed by atoms with Crippen LogP contribution in [0.15, 0.2) is 60.9 Å². The summed E-state index contributed by atoms with van der Waals surface area (Å²) in [6.45, 7) is 4.35. The maximum atomic E-state index is 13.2. The Bertz CT molecular complexity index is 1630. The van der Waals surface area contributed by atoms with E-state index in [-0.39, 0.29) is 31.3 Å². The number of halogens is 1. The molecule has 1 N–H and O–H groups in total. The van der Waals surface area contributed by atoms with Crippen LogP contribution in [0, 0.1) is 11.3 Å². The monoisotopic (exact) mass is 705 g/mol. The minimum atomic E-state index is -0.0228. The van der Waals surface area contributed by atoms with Gasteiger partial charge < -0.3 is 14.6 Å². The van der Waals surface area contributed by atoms with Crippen molar-refractivity contribution < 1.29 is 11.0 Å². The SMILES string of the molecule is C1CCC1.C1COCCN1.Cn1cnnc1-c1cc(C#N)ccc1-c1cc(C2CC2)nc(N2Cc3ccccc3C2=O)c1.I.[HH]. The lowest BCUT2D eigenvalue weighted by molar-refractivity contribution is 0.0996. The van der Waals surface area contributed by atoms with Crippen LogP contribution in [-0.4, -0.2) is 52.0 Å². The van der Waals surface area contributed by atoms with Crippen molar-refractivity contribution >= 4 is 35.7 Å². The van der Waals surface area contributed by atoms with Gasteiger partial charge in [-0.3, -0.25) is 9.69 Å². The lowest BCUT2D eigenvalue weighted by Gasteiger charge is -2.18. The van der Waals surface area contributed by atoms with Gasteiger partial charge in [-0.1, -0.05) is 49.9 Å². The van der Waals surface area contributed by atoms with Gasteiger partial charge in [-0.15, -0.1) is 34.2 Å². The lowest BCUT2D eigenvalue weighted by Crippen LogP contribution is -2.30. The van der Waals surface area contributed by atoms with Gasteiger partial charge in [-0.2, -0.15) is 5.26 Å². The second-order valence-electron chi connectivity index (χ2n) is 11.4. The van der Waals surface area contributed by atoms with Gasteiger partial charge in [0.1, 0.15) is 12.1 Å². The zero-order chi connectivity index (χ0) is 29.6. The normalized spacial score (nSPS) is 16.6. The summed E-state index contributed by atoms with van der Waals surface area (Å²) in [6, 6.07) is 19.6. The third-order valence-corrected chi connectivity index (χ3v) is 8.18. The van der Waals surface area contributed by atoms with Gasteiger partial charge in [-0.25, -0.2) is 4.98 Å². The Labute approximate surface area is 277 Å². The predicted octanol–water partition coefficient (Wildman–Crippen LogP) is 6.48. The molecule has 44 heavy (non-hydrogen) atoms. The Hall–Kier alpha value is -3.66. The zero-order valence-electron chi connectivity index (χ0n) is 25.0. The molecule has 2 aliphatic carbocycles. The topological polar surface area (TPSA) is 109 Å². The average Bonchev–Trinajstić information content (AvgIpc) is 3.71. The smallest absolute Gasteiger partial charge is 0.260 e.